The van der Waals surface area contributed by atoms with Crippen LogP contribution in [0, 0.1) is 0 Å². The van der Waals surface area contributed by atoms with Crippen LogP contribution in [0.25, 0.3) is 0 Å². The molecule has 0 aliphatic carbocycles. The number of hydrogen-bond acceptors (Lipinski definition) is 3. The summed E-state index contributed by atoms with van der Waals surface area (Å²) in [5, 5.41) is 0. The number of hydrogen-bond donors (Lipinski definition) is 0. The minimum Gasteiger partial charge on any atom is -0.479 e. The lowest BCUT2D eigenvalue weighted by Crippen LogP contribution is -2.26. The molecule has 0 spiro atoms. The first-order valence-corrected chi connectivity index (χ1v) is 5.59. The quantitative estimate of drug-likeness (QED) is 0.718. The molecular weight excluding hydrogens is 204 g/mol. The first-order chi connectivity index (χ1) is 7.67. The zero-order valence-corrected chi connectivity index (χ0v) is 10.0. The molecule has 3 heteroatoms. The highest BCUT2D eigenvalue weighted by Crippen LogP contribution is 2.14. The molecule has 0 fully saturated rings. The molecule has 88 valence electrons. The Balaban J connectivity index is 2.55. The van der Waals surface area contributed by atoms with E-state index in [0.717, 1.165) is 6.42 Å². The Morgan fingerprint density at radius 3 is 2.38 bits per heavy atom. The molecule has 1 aromatic carbocycles. The summed E-state index contributed by atoms with van der Waals surface area (Å²) in [6.45, 7) is 5.94. The number of ether oxygens (including phenoxy) is 2. The average molecular weight is 222 g/mol. The predicted molar refractivity (Wildman–Crippen MR) is 62.5 cm³/mol. The molecule has 0 aliphatic rings. The predicted octanol–water partition coefficient (Wildman–Crippen LogP) is 2.58. The van der Waals surface area contributed by atoms with Crippen molar-refractivity contribution in [1.29, 1.82) is 0 Å². The monoisotopic (exact) mass is 222 g/mol. The summed E-state index contributed by atoms with van der Waals surface area (Å²) in [5.41, 5.74) is 1.25. The minimum atomic E-state index is -0.563. The van der Waals surface area contributed by atoms with Crippen LogP contribution in [-0.4, -0.2) is 18.7 Å². The molecule has 0 radical (unpaired) electrons. The van der Waals surface area contributed by atoms with Gasteiger partial charge in [0.15, 0.2) is 6.10 Å². The molecule has 0 N–H and O–H groups in total. The number of benzene rings is 1. The summed E-state index contributed by atoms with van der Waals surface area (Å²) >= 11 is 0. The van der Waals surface area contributed by atoms with Gasteiger partial charge in [-0.3, -0.25) is 0 Å². The van der Waals surface area contributed by atoms with Crippen molar-refractivity contribution in [3.05, 3.63) is 29.8 Å². The highest BCUT2D eigenvalue weighted by atomic mass is 16.6. The van der Waals surface area contributed by atoms with E-state index in [-0.39, 0.29) is 5.97 Å². The SMILES string of the molecule is CCOC(=O)[C@@H](C)Oc1ccc(CC)cc1. The summed E-state index contributed by atoms with van der Waals surface area (Å²) in [4.78, 5) is 11.3. The normalized spacial score (nSPS) is 11.9. The fourth-order valence-corrected chi connectivity index (χ4v) is 1.32. The fraction of sp³-hybridized carbons (Fsp3) is 0.462. The molecule has 0 heterocycles. The second-order valence-electron chi connectivity index (χ2n) is 3.51. The van der Waals surface area contributed by atoms with Crippen LogP contribution in [0.1, 0.15) is 26.3 Å². The third kappa shape index (κ3) is 3.57. The first kappa shape index (κ1) is 12.6. The van der Waals surface area contributed by atoms with Crippen molar-refractivity contribution in [3.8, 4) is 5.75 Å². The van der Waals surface area contributed by atoms with Gasteiger partial charge in [-0.1, -0.05) is 19.1 Å². The lowest BCUT2D eigenvalue weighted by molar-refractivity contribution is -0.150. The summed E-state index contributed by atoms with van der Waals surface area (Å²) < 4.78 is 10.3. The second kappa shape index (κ2) is 6.16. The molecule has 0 saturated carbocycles. The van der Waals surface area contributed by atoms with Crippen LogP contribution >= 0.6 is 0 Å². The fourth-order valence-electron chi connectivity index (χ4n) is 1.32. The molecule has 0 bridgehead atoms. The van der Waals surface area contributed by atoms with Gasteiger partial charge in [0.2, 0.25) is 0 Å². The maximum Gasteiger partial charge on any atom is 0.347 e. The molecule has 0 aromatic heterocycles. The lowest BCUT2D eigenvalue weighted by atomic mass is 10.2. The number of carbonyl (C=O) groups excluding carboxylic acids is 1. The number of carbonyl (C=O) groups is 1. The van der Waals surface area contributed by atoms with Gasteiger partial charge in [0.1, 0.15) is 5.75 Å². The standard InChI is InChI=1S/C13H18O3/c1-4-11-6-8-12(9-7-11)16-10(3)13(14)15-5-2/h6-10H,4-5H2,1-3H3/t10-/m1/s1. The Kier molecular flexibility index (Phi) is 4.83. The third-order valence-corrected chi connectivity index (χ3v) is 2.26. The first-order valence-electron chi connectivity index (χ1n) is 5.59. The smallest absolute Gasteiger partial charge is 0.347 e. The van der Waals surface area contributed by atoms with E-state index in [1.54, 1.807) is 13.8 Å². The van der Waals surface area contributed by atoms with E-state index in [4.69, 9.17) is 9.47 Å². The van der Waals surface area contributed by atoms with Crippen molar-refractivity contribution >= 4 is 5.97 Å². The Bertz CT molecular complexity index is 330. The van der Waals surface area contributed by atoms with Crippen molar-refractivity contribution in [2.24, 2.45) is 0 Å². The van der Waals surface area contributed by atoms with E-state index in [2.05, 4.69) is 6.92 Å². The summed E-state index contributed by atoms with van der Waals surface area (Å²) in [6.07, 6.45) is 0.431. The van der Waals surface area contributed by atoms with Crippen molar-refractivity contribution < 1.29 is 14.3 Å². The van der Waals surface area contributed by atoms with Crippen LogP contribution in [0.5, 0.6) is 5.75 Å². The molecule has 3 nitrogen and oxygen atoms in total. The third-order valence-electron chi connectivity index (χ3n) is 2.26. The highest BCUT2D eigenvalue weighted by Gasteiger charge is 2.15. The second-order valence-corrected chi connectivity index (χ2v) is 3.51. The number of aryl methyl sites for hydroxylation is 1. The van der Waals surface area contributed by atoms with Gasteiger partial charge in [-0.05, 0) is 38.0 Å². The maximum atomic E-state index is 11.3. The van der Waals surface area contributed by atoms with Crippen LogP contribution in [0.15, 0.2) is 24.3 Å². The highest BCUT2D eigenvalue weighted by molar-refractivity contribution is 5.74. The molecule has 0 amide bonds. The van der Waals surface area contributed by atoms with Crippen LogP contribution in [0.2, 0.25) is 0 Å². The van der Waals surface area contributed by atoms with Crippen LogP contribution < -0.4 is 4.74 Å². The van der Waals surface area contributed by atoms with Crippen molar-refractivity contribution in [1.82, 2.24) is 0 Å². The average Bonchev–Trinajstić information content (AvgIpc) is 2.30. The van der Waals surface area contributed by atoms with Gasteiger partial charge in [-0.15, -0.1) is 0 Å². The van der Waals surface area contributed by atoms with E-state index in [1.165, 1.54) is 5.56 Å². The van der Waals surface area contributed by atoms with E-state index in [0.29, 0.717) is 12.4 Å². The van der Waals surface area contributed by atoms with Gasteiger partial charge < -0.3 is 9.47 Å². The molecule has 0 saturated heterocycles. The zero-order chi connectivity index (χ0) is 12.0. The molecule has 16 heavy (non-hydrogen) atoms. The molecule has 1 aromatic rings. The maximum absolute atomic E-state index is 11.3. The Labute approximate surface area is 96.4 Å². The molecule has 1 rings (SSSR count). The van der Waals surface area contributed by atoms with Crippen molar-refractivity contribution in [2.75, 3.05) is 6.61 Å². The van der Waals surface area contributed by atoms with Gasteiger partial charge in [-0.2, -0.15) is 0 Å². The summed E-state index contributed by atoms with van der Waals surface area (Å²) in [6, 6.07) is 7.73. The van der Waals surface area contributed by atoms with E-state index >= 15 is 0 Å². The molecule has 0 unspecified atom stereocenters. The minimum absolute atomic E-state index is 0.331. The van der Waals surface area contributed by atoms with Gasteiger partial charge in [0.25, 0.3) is 0 Å². The molecule has 1 atom stereocenters. The Morgan fingerprint density at radius 2 is 1.88 bits per heavy atom. The largest absolute Gasteiger partial charge is 0.479 e. The van der Waals surface area contributed by atoms with Crippen molar-refractivity contribution in [3.63, 3.8) is 0 Å². The number of esters is 1. The summed E-state index contributed by atoms with van der Waals surface area (Å²) in [5.74, 6) is 0.361. The van der Waals surface area contributed by atoms with E-state index in [1.807, 2.05) is 24.3 Å². The van der Waals surface area contributed by atoms with Gasteiger partial charge in [0, 0.05) is 0 Å². The van der Waals surface area contributed by atoms with Gasteiger partial charge in [0.05, 0.1) is 6.61 Å². The lowest BCUT2D eigenvalue weighted by Gasteiger charge is -2.13. The van der Waals surface area contributed by atoms with Gasteiger partial charge in [-0.25, -0.2) is 4.79 Å². The Hall–Kier alpha value is -1.51. The van der Waals surface area contributed by atoms with Crippen molar-refractivity contribution in [2.45, 2.75) is 33.3 Å². The zero-order valence-electron chi connectivity index (χ0n) is 10.0. The molecule has 0 aliphatic heterocycles. The van der Waals surface area contributed by atoms with E-state index < -0.39 is 6.10 Å². The summed E-state index contributed by atoms with van der Waals surface area (Å²) in [7, 11) is 0. The Morgan fingerprint density at radius 1 is 1.25 bits per heavy atom. The van der Waals surface area contributed by atoms with Crippen LogP contribution in [-0.2, 0) is 16.0 Å². The van der Waals surface area contributed by atoms with Gasteiger partial charge >= 0.3 is 5.97 Å². The van der Waals surface area contributed by atoms with Crippen LogP contribution in [0.4, 0.5) is 0 Å². The number of rotatable bonds is 5. The van der Waals surface area contributed by atoms with E-state index in [9.17, 15) is 4.79 Å². The van der Waals surface area contributed by atoms with Crippen LogP contribution in [0.3, 0.4) is 0 Å². The topological polar surface area (TPSA) is 35.5 Å². The molecular formula is C13H18O3.